The van der Waals surface area contributed by atoms with E-state index in [0.717, 1.165) is 18.4 Å². The molecule has 0 heterocycles. The van der Waals surface area contributed by atoms with E-state index in [-0.39, 0.29) is 5.75 Å². The van der Waals surface area contributed by atoms with Crippen LogP contribution < -0.4 is 10.6 Å². The number of carbonyl (C=O) groups is 2. The lowest BCUT2D eigenvalue weighted by Gasteiger charge is -2.15. The quantitative estimate of drug-likeness (QED) is 0.752. The lowest BCUT2D eigenvalue weighted by atomic mass is 10.1. The number of aromatic carboxylic acids is 1. The highest BCUT2D eigenvalue weighted by molar-refractivity contribution is 7.90. The molecule has 9 heteroatoms. The van der Waals surface area contributed by atoms with Gasteiger partial charge in [-0.3, -0.25) is 0 Å². The van der Waals surface area contributed by atoms with E-state index in [1.165, 1.54) is 13.0 Å². The minimum atomic E-state index is -3.28. The molecule has 116 valence electrons. The Morgan fingerprint density at radius 2 is 2.00 bits per heavy atom. The molecule has 3 N–H and O–H groups in total. The van der Waals surface area contributed by atoms with Gasteiger partial charge in [-0.05, 0) is 19.1 Å². The van der Waals surface area contributed by atoms with Gasteiger partial charge in [0.1, 0.15) is 15.7 Å². The van der Waals surface area contributed by atoms with E-state index in [1.54, 1.807) is 0 Å². The van der Waals surface area contributed by atoms with Crippen molar-refractivity contribution >= 4 is 27.5 Å². The topological polar surface area (TPSA) is 113 Å². The van der Waals surface area contributed by atoms with E-state index < -0.39 is 44.9 Å². The van der Waals surface area contributed by atoms with Gasteiger partial charge in [0.15, 0.2) is 0 Å². The van der Waals surface area contributed by atoms with Crippen LogP contribution in [0.4, 0.5) is 14.9 Å². The van der Waals surface area contributed by atoms with Gasteiger partial charge < -0.3 is 15.7 Å². The lowest BCUT2D eigenvalue weighted by molar-refractivity contribution is 0.0697. The molecule has 0 aromatic heterocycles. The highest BCUT2D eigenvalue weighted by Crippen LogP contribution is 2.19. The van der Waals surface area contributed by atoms with Gasteiger partial charge in [-0.25, -0.2) is 22.4 Å². The monoisotopic (exact) mass is 318 g/mol. The Kier molecular flexibility index (Phi) is 5.25. The zero-order valence-electron chi connectivity index (χ0n) is 11.4. The fraction of sp³-hybridized carbons (Fsp3) is 0.333. The second-order valence-electron chi connectivity index (χ2n) is 4.56. The van der Waals surface area contributed by atoms with Crippen LogP contribution in [0.3, 0.4) is 0 Å². The Bertz CT molecular complexity index is 660. The Hall–Kier alpha value is -2.16. The van der Waals surface area contributed by atoms with Crippen molar-refractivity contribution in [3.63, 3.8) is 0 Å². The molecule has 0 aliphatic carbocycles. The summed E-state index contributed by atoms with van der Waals surface area (Å²) in [5, 5.41) is 13.3. The van der Waals surface area contributed by atoms with Crippen LogP contribution in [0.25, 0.3) is 0 Å². The minimum Gasteiger partial charge on any atom is -0.478 e. The molecule has 2 amide bonds. The van der Waals surface area contributed by atoms with Gasteiger partial charge in [-0.2, -0.15) is 0 Å². The van der Waals surface area contributed by atoms with Gasteiger partial charge in [0.25, 0.3) is 0 Å². The normalized spacial score (nSPS) is 12.5. The lowest BCUT2D eigenvalue weighted by Crippen LogP contribution is -2.40. The summed E-state index contributed by atoms with van der Waals surface area (Å²) in [7, 11) is -3.28. The number of nitrogens with one attached hydrogen (secondary N) is 2. The van der Waals surface area contributed by atoms with Crippen molar-refractivity contribution in [1.82, 2.24) is 5.32 Å². The third-order valence-corrected chi connectivity index (χ3v) is 3.52. The Labute approximate surface area is 121 Å². The molecule has 0 aliphatic heterocycles. The summed E-state index contributed by atoms with van der Waals surface area (Å²) in [4.78, 5) is 22.6. The number of hydrogen-bond donors (Lipinski definition) is 3. The molecule has 1 aromatic rings. The number of carboxylic acid groups (broad SMARTS) is 1. The number of anilines is 1. The standard InChI is InChI=1S/C12H15FN2O5S/c1-7(6-21(2,19)20)14-12(18)15-10-8(11(16)17)4-3-5-9(10)13/h3-5,7H,6H2,1-2H3,(H,16,17)(H2,14,15,18). The van der Waals surface area contributed by atoms with Crippen molar-refractivity contribution < 1.29 is 27.5 Å². The zero-order chi connectivity index (χ0) is 16.2. The first kappa shape index (κ1) is 16.9. The fourth-order valence-corrected chi connectivity index (χ4v) is 2.69. The molecule has 0 saturated carbocycles. The first-order valence-electron chi connectivity index (χ1n) is 5.87. The summed E-state index contributed by atoms with van der Waals surface area (Å²) >= 11 is 0. The molecule has 0 aliphatic rings. The number of hydrogen-bond acceptors (Lipinski definition) is 4. The second kappa shape index (κ2) is 6.53. The van der Waals surface area contributed by atoms with Crippen LogP contribution in [0.2, 0.25) is 0 Å². The molecule has 0 fully saturated rings. The van der Waals surface area contributed by atoms with Crippen molar-refractivity contribution in [1.29, 1.82) is 0 Å². The van der Waals surface area contributed by atoms with Crippen LogP contribution in [0.15, 0.2) is 18.2 Å². The Balaban J connectivity index is 2.83. The third kappa shape index (κ3) is 5.38. The Morgan fingerprint density at radius 3 is 2.52 bits per heavy atom. The first-order chi connectivity index (χ1) is 9.60. The van der Waals surface area contributed by atoms with Gasteiger partial charge >= 0.3 is 12.0 Å². The molecule has 0 spiro atoms. The van der Waals surface area contributed by atoms with Crippen molar-refractivity contribution in [2.45, 2.75) is 13.0 Å². The third-order valence-electron chi connectivity index (χ3n) is 2.41. The number of halogens is 1. The van der Waals surface area contributed by atoms with Crippen LogP contribution in [-0.2, 0) is 9.84 Å². The number of sulfone groups is 1. The fourth-order valence-electron chi connectivity index (χ4n) is 1.70. The van der Waals surface area contributed by atoms with Crippen molar-refractivity contribution in [3.8, 4) is 0 Å². The van der Waals surface area contributed by atoms with E-state index in [1.807, 2.05) is 0 Å². The number of carbonyl (C=O) groups excluding carboxylic acids is 1. The maximum atomic E-state index is 13.6. The number of rotatable bonds is 5. The highest BCUT2D eigenvalue weighted by atomic mass is 32.2. The largest absolute Gasteiger partial charge is 0.478 e. The van der Waals surface area contributed by atoms with Crippen LogP contribution in [0.1, 0.15) is 17.3 Å². The molecular formula is C12H15FN2O5S. The van der Waals surface area contributed by atoms with Crippen LogP contribution in [-0.4, -0.2) is 43.6 Å². The molecule has 1 rings (SSSR count). The van der Waals surface area contributed by atoms with Gasteiger partial charge in [-0.15, -0.1) is 0 Å². The predicted octanol–water partition coefficient (Wildman–Crippen LogP) is 1.08. The van der Waals surface area contributed by atoms with Gasteiger partial charge in [0, 0.05) is 12.3 Å². The van der Waals surface area contributed by atoms with Gasteiger partial charge in [0.2, 0.25) is 0 Å². The van der Waals surface area contributed by atoms with Crippen LogP contribution in [0, 0.1) is 5.82 Å². The average molecular weight is 318 g/mol. The molecule has 0 radical (unpaired) electrons. The SMILES string of the molecule is CC(CS(C)(=O)=O)NC(=O)Nc1c(F)cccc1C(=O)O. The number of para-hydroxylation sites is 1. The van der Waals surface area contributed by atoms with Gasteiger partial charge in [-0.1, -0.05) is 6.07 Å². The van der Waals surface area contributed by atoms with E-state index in [2.05, 4.69) is 10.6 Å². The maximum Gasteiger partial charge on any atom is 0.337 e. The molecular weight excluding hydrogens is 303 g/mol. The molecule has 1 atom stereocenters. The molecule has 7 nitrogen and oxygen atoms in total. The predicted molar refractivity (Wildman–Crippen MR) is 74.7 cm³/mol. The highest BCUT2D eigenvalue weighted by Gasteiger charge is 2.18. The van der Waals surface area contributed by atoms with Crippen molar-refractivity contribution in [2.75, 3.05) is 17.3 Å². The molecule has 1 aromatic carbocycles. The van der Waals surface area contributed by atoms with E-state index >= 15 is 0 Å². The summed E-state index contributed by atoms with van der Waals surface area (Å²) in [6, 6.07) is 1.75. The zero-order valence-corrected chi connectivity index (χ0v) is 12.2. The summed E-state index contributed by atoms with van der Waals surface area (Å²) < 4.78 is 35.7. The number of carboxylic acids is 1. The second-order valence-corrected chi connectivity index (χ2v) is 6.74. The molecule has 0 saturated heterocycles. The smallest absolute Gasteiger partial charge is 0.337 e. The maximum absolute atomic E-state index is 13.6. The number of amides is 2. The van der Waals surface area contributed by atoms with E-state index in [4.69, 9.17) is 5.11 Å². The van der Waals surface area contributed by atoms with Crippen molar-refractivity contribution in [3.05, 3.63) is 29.6 Å². The summed E-state index contributed by atoms with van der Waals surface area (Å²) in [5.74, 6) is -2.58. The minimum absolute atomic E-state index is 0.288. The summed E-state index contributed by atoms with van der Waals surface area (Å²) in [5.41, 5.74) is -0.880. The number of urea groups is 1. The van der Waals surface area contributed by atoms with E-state index in [9.17, 15) is 22.4 Å². The molecule has 1 unspecified atom stereocenters. The summed E-state index contributed by atoms with van der Waals surface area (Å²) in [6.45, 7) is 1.46. The van der Waals surface area contributed by atoms with Gasteiger partial charge in [0.05, 0.1) is 17.0 Å². The first-order valence-corrected chi connectivity index (χ1v) is 7.93. The Morgan fingerprint density at radius 1 is 1.38 bits per heavy atom. The van der Waals surface area contributed by atoms with Crippen LogP contribution in [0.5, 0.6) is 0 Å². The average Bonchev–Trinajstić information content (AvgIpc) is 2.28. The number of benzene rings is 1. The summed E-state index contributed by atoms with van der Waals surface area (Å²) in [6.07, 6.45) is 1.02. The molecule has 21 heavy (non-hydrogen) atoms. The van der Waals surface area contributed by atoms with E-state index in [0.29, 0.717) is 0 Å². The molecule has 0 bridgehead atoms. The van der Waals surface area contributed by atoms with Crippen molar-refractivity contribution in [2.24, 2.45) is 0 Å². The van der Waals surface area contributed by atoms with Crippen LogP contribution >= 0.6 is 0 Å².